The smallest absolute Gasteiger partial charge is 0.236 e. The lowest BCUT2D eigenvalue weighted by molar-refractivity contribution is -0.129. The molecule has 0 radical (unpaired) electrons. The summed E-state index contributed by atoms with van der Waals surface area (Å²) in [5.74, 6) is 0.0446. The molecule has 0 aromatic heterocycles. The van der Waals surface area contributed by atoms with Crippen LogP contribution in [0.3, 0.4) is 0 Å². The number of hydrogen-bond acceptors (Lipinski definition) is 3. The van der Waals surface area contributed by atoms with Gasteiger partial charge in [-0.05, 0) is 22.9 Å². The molecule has 20 heavy (non-hydrogen) atoms. The molecule has 0 bridgehead atoms. The van der Waals surface area contributed by atoms with Crippen molar-refractivity contribution in [3.05, 3.63) is 42.5 Å². The van der Waals surface area contributed by atoms with Gasteiger partial charge < -0.3 is 15.5 Å². The van der Waals surface area contributed by atoms with Crippen molar-refractivity contribution in [1.29, 1.82) is 0 Å². The highest BCUT2D eigenvalue weighted by molar-refractivity contribution is 5.86. The van der Waals surface area contributed by atoms with Gasteiger partial charge in [0.1, 0.15) is 0 Å². The molecular formula is C16H19N3O. The van der Waals surface area contributed by atoms with E-state index < -0.39 is 0 Å². The van der Waals surface area contributed by atoms with Crippen molar-refractivity contribution in [3.8, 4) is 0 Å². The second kappa shape index (κ2) is 5.51. The Balaban J connectivity index is 1.75. The predicted octanol–water partition coefficient (Wildman–Crippen LogP) is 1.45. The van der Waals surface area contributed by atoms with Crippen LogP contribution in [0.2, 0.25) is 0 Å². The molecule has 1 saturated heterocycles. The van der Waals surface area contributed by atoms with Gasteiger partial charge in [0.05, 0.1) is 6.54 Å². The van der Waals surface area contributed by atoms with Crippen molar-refractivity contribution in [1.82, 2.24) is 4.90 Å². The van der Waals surface area contributed by atoms with Crippen LogP contribution in [0.1, 0.15) is 0 Å². The zero-order chi connectivity index (χ0) is 13.9. The second-order valence-electron chi connectivity index (χ2n) is 5.10. The Morgan fingerprint density at radius 2 is 1.70 bits per heavy atom. The Hall–Kier alpha value is -2.07. The van der Waals surface area contributed by atoms with Gasteiger partial charge in [-0.25, -0.2) is 0 Å². The number of nitrogens with zero attached hydrogens (tertiary/aromatic N) is 2. The molecule has 1 fully saturated rings. The minimum Gasteiger partial charge on any atom is -0.368 e. The average Bonchev–Trinajstić information content (AvgIpc) is 2.54. The number of fused-ring (bicyclic) bond motifs is 1. The molecule has 0 atom stereocenters. The molecule has 0 spiro atoms. The van der Waals surface area contributed by atoms with Gasteiger partial charge in [-0.3, -0.25) is 4.79 Å². The highest BCUT2D eigenvalue weighted by Gasteiger charge is 2.20. The van der Waals surface area contributed by atoms with E-state index in [1.165, 1.54) is 16.5 Å². The van der Waals surface area contributed by atoms with Crippen LogP contribution < -0.4 is 10.6 Å². The van der Waals surface area contributed by atoms with E-state index in [9.17, 15) is 4.79 Å². The van der Waals surface area contributed by atoms with Crippen molar-refractivity contribution in [2.24, 2.45) is 5.73 Å². The molecule has 2 aromatic carbocycles. The monoisotopic (exact) mass is 269 g/mol. The summed E-state index contributed by atoms with van der Waals surface area (Å²) in [5, 5.41) is 2.51. The summed E-state index contributed by atoms with van der Waals surface area (Å²) >= 11 is 0. The molecule has 2 aromatic rings. The first-order chi connectivity index (χ1) is 9.78. The van der Waals surface area contributed by atoms with Crippen LogP contribution in [-0.4, -0.2) is 43.5 Å². The van der Waals surface area contributed by atoms with Crippen LogP contribution in [0.15, 0.2) is 42.5 Å². The molecule has 0 aliphatic carbocycles. The molecule has 1 amide bonds. The Labute approximate surface area is 118 Å². The quantitative estimate of drug-likeness (QED) is 0.897. The van der Waals surface area contributed by atoms with E-state index in [1.54, 1.807) is 0 Å². The molecule has 0 unspecified atom stereocenters. The number of benzene rings is 2. The number of hydrogen-bond donors (Lipinski definition) is 1. The van der Waals surface area contributed by atoms with E-state index in [4.69, 9.17) is 5.73 Å². The first kappa shape index (κ1) is 12.9. The van der Waals surface area contributed by atoms with Crippen LogP contribution in [0.25, 0.3) is 10.8 Å². The highest BCUT2D eigenvalue weighted by atomic mass is 16.2. The minimum absolute atomic E-state index is 0.0446. The molecule has 4 heteroatoms. The number of nitrogens with two attached hydrogens (primary N) is 1. The van der Waals surface area contributed by atoms with E-state index in [1.807, 2.05) is 4.90 Å². The number of anilines is 1. The second-order valence-corrected chi connectivity index (χ2v) is 5.10. The van der Waals surface area contributed by atoms with Crippen molar-refractivity contribution >= 4 is 22.4 Å². The van der Waals surface area contributed by atoms with Gasteiger partial charge in [0, 0.05) is 31.9 Å². The zero-order valence-corrected chi connectivity index (χ0v) is 11.5. The summed E-state index contributed by atoms with van der Waals surface area (Å²) in [6.45, 7) is 3.34. The summed E-state index contributed by atoms with van der Waals surface area (Å²) in [6, 6.07) is 14.9. The molecule has 4 nitrogen and oxygen atoms in total. The number of rotatable bonds is 2. The normalized spacial score (nSPS) is 15.7. The fraction of sp³-hybridized carbons (Fsp3) is 0.312. The van der Waals surface area contributed by atoms with Gasteiger partial charge in [0.15, 0.2) is 0 Å². The van der Waals surface area contributed by atoms with Gasteiger partial charge in [-0.15, -0.1) is 0 Å². The highest BCUT2D eigenvalue weighted by Crippen LogP contribution is 2.23. The Morgan fingerprint density at radius 3 is 2.40 bits per heavy atom. The predicted molar refractivity (Wildman–Crippen MR) is 81.8 cm³/mol. The van der Waals surface area contributed by atoms with Crippen LogP contribution >= 0.6 is 0 Å². The van der Waals surface area contributed by atoms with Gasteiger partial charge in [0.2, 0.25) is 5.91 Å². The standard InChI is InChI=1S/C16H19N3O/c17-12-16(20)19-9-7-18(8-10-19)15-6-5-13-3-1-2-4-14(13)11-15/h1-6,11H,7-10,12,17H2. The average molecular weight is 269 g/mol. The van der Waals surface area contributed by atoms with Crippen LogP contribution in [0.5, 0.6) is 0 Å². The van der Waals surface area contributed by atoms with E-state index in [2.05, 4.69) is 47.4 Å². The van der Waals surface area contributed by atoms with Crippen LogP contribution in [0, 0.1) is 0 Å². The van der Waals surface area contributed by atoms with E-state index in [0.717, 1.165) is 26.2 Å². The fourth-order valence-electron chi connectivity index (χ4n) is 2.72. The molecule has 1 heterocycles. The third-order valence-corrected chi connectivity index (χ3v) is 3.91. The minimum atomic E-state index is 0.0446. The van der Waals surface area contributed by atoms with E-state index >= 15 is 0 Å². The lowest BCUT2D eigenvalue weighted by atomic mass is 10.1. The maximum absolute atomic E-state index is 11.6. The summed E-state index contributed by atoms with van der Waals surface area (Å²) in [7, 11) is 0. The lowest BCUT2D eigenvalue weighted by Gasteiger charge is -2.36. The fourth-order valence-corrected chi connectivity index (χ4v) is 2.72. The summed E-state index contributed by atoms with van der Waals surface area (Å²) in [5.41, 5.74) is 6.63. The number of carbonyl (C=O) groups excluding carboxylic acids is 1. The Morgan fingerprint density at radius 1 is 1.00 bits per heavy atom. The zero-order valence-electron chi connectivity index (χ0n) is 11.5. The molecule has 3 rings (SSSR count). The Kier molecular flexibility index (Phi) is 3.56. The molecule has 1 aliphatic rings. The van der Waals surface area contributed by atoms with Gasteiger partial charge >= 0.3 is 0 Å². The SMILES string of the molecule is NCC(=O)N1CCN(c2ccc3ccccc3c2)CC1. The van der Waals surface area contributed by atoms with E-state index in [0.29, 0.717) is 0 Å². The third kappa shape index (κ3) is 2.47. The molecule has 1 aliphatic heterocycles. The van der Waals surface area contributed by atoms with Gasteiger partial charge in [-0.1, -0.05) is 30.3 Å². The molecule has 104 valence electrons. The summed E-state index contributed by atoms with van der Waals surface area (Å²) in [4.78, 5) is 15.7. The van der Waals surface area contributed by atoms with Crippen molar-refractivity contribution in [3.63, 3.8) is 0 Å². The van der Waals surface area contributed by atoms with Gasteiger partial charge in [-0.2, -0.15) is 0 Å². The van der Waals surface area contributed by atoms with Crippen molar-refractivity contribution in [2.75, 3.05) is 37.6 Å². The van der Waals surface area contributed by atoms with E-state index in [-0.39, 0.29) is 12.5 Å². The maximum atomic E-state index is 11.6. The largest absolute Gasteiger partial charge is 0.368 e. The topological polar surface area (TPSA) is 49.6 Å². The lowest BCUT2D eigenvalue weighted by Crippen LogP contribution is -2.50. The van der Waals surface area contributed by atoms with Gasteiger partial charge in [0.25, 0.3) is 0 Å². The Bertz CT molecular complexity index is 618. The summed E-state index contributed by atoms with van der Waals surface area (Å²) < 4.78 is 0. The van der Waals surface area contributed by atoms with Crippen molar-refractivity contribution in [2.45, 2.75) is 0 Å². The number of piperazine rings is 1. The third-order valence-electron chi connectivity index (χ3n) is 3.91. The number of amides is 1. The molecule has 2 N–H and O–H groups in total. The molecule has 0 saturated carbocycles. The first-order valence-electron chi connectivity index (χ1n) is 6.99. The molecular weight excluding hydrogens is 250 g/mol. The van der Waals surface area contributed by atoms with Crippen LogP contribution in [0.4, 0.5) is 5.69 Å². The number of carbonyl (C=O) groups is 1. The van der Waals surface area contributed by atoms with Crippen molar-refractivity contribution < 1.29 is 4.79 Å². The first-order valence-corrected chi connectivity index (χ1v) is 6.99. The summed E-state index contributed by atoms with van der Waals surface area (Å²) in [6.07, 6.45) is 0. The maximum Gasteiger partial charge on any atom is 0.236 e. The van der Waals surface area contributed by atoms with Crippen LogP contribution in [-0.2, 0) is 4.79 Å².